The van der Waals surface area contributed by atoms with Crippen LogP contribution in [-0.2, 0) is 0 Å². The van der Waals surface area contributed by atoms with E-state index < -0.39 is 0 Å². The van der Waals surface area contributed by atoms with Gasteiger partial charge < -0.3 is 5.11 Å². The molecular weight excluding hydrogens is 208 g/mol. The maximum absolute atomic E-state index is 10.2. The van der Waals surface area contributed by atoms with Gasteiger partial charge >= 0.3 is 0 Å². The number of para-hydroxylation sites is 1. The Morgan fingerprint density at radius 2 is 1.29 bits per heavy atom. The average molecular weight is 236 g/mol. The molecule has 0 aliphatic heterocycles. The molecule has 1 N–H and O–H groups in total. The van der Waals surface area contributed by atoms with Gasteiger partial charge in [0.15, 0.2) is 0 Å². The van der Waals surface area contributed by atoms with E-state index in [2.05, 4.69) is 33.8 Å². The molecule has 1 nitrogen and oxygen atoms in total. The van der Waals surface area contributed by atoms with Crippen LogP contribution in [0.2, 0.25) is 0 Å². The summed E-state index contributed by atoms with van der Waals surface area (Å²) in [5.74, 6) is 1.39. The van der Waals surface area contributed by atoms with E-state index in [1.807, 2.05) is 26.0 Å². The van der Waals surface area contributed by atoms with E-state index in [9.17, 15) is 5.11 Å². The van der Waals surface area contributed by atoms with E-state index in [0.29, 0.717) is 17.6 Å². The van der Waals surface area contributed by atoms with Crippen LogP contribution in [0.3, 0.4) is 0 Å². The first-order valence-electron chi connectivity index (χ1n) is 6.93. The molecule has 2 unspecified atom stereocenters. The minimum absolute atomic E-state index is 0.439. The van der Waals surface area contributed by atoms with Crippen molar-refractivity contribution in [3.63, 3.8) is 0 Å². The molecule has 0 radical (unpaired) electrons. The Morgan fingerprint density at radius 1 is 0.941 bits per heavy atom. The second-order valence-corrected chi connectivity index (χ2v) is 4.40. The highest BCUT2D eigenvalue weighted by Crippen LogP contribution is 2.35. The highest BCUT2D eigenvalue weighted by molar-refractivity contribution is 5.43. The van der Waals surface area contributed by atoms with Gasteiger partial charge in [-0.25, -0.2) is 0 Å². The SMILES string of the molecule is CC.CCC(C)c1cccc(C(C)CC)c1O. The lowest BCUT2D eigenvalue weighted by molar-refractivity contribution is 0.449. The molecule has 0 aliphatic rings. The third-order valence-corrected chi connectivity index (χ3v) is 3.39. The van der Waals surface area contributed by atoms with Crippen LogP contribution in [0.25, 0.3) is 0 Å². The molecule has 0 aliphatic carbocycles. The smallest absolute Gasteiger partial charge is 0.122 e. The predicted molar refractivity (Wildman–Crippen MR) is 76.9 cm³/mol. The summed E-state index contributed by atoms with van der Waals surface area (Å²) in [7, 11) is 0. The number of rotatable bonds is 4. The Bertz CT molecular complexity index is 289. The second-order valence-electron chi connectivity index (χ2n) is 4.40. The van der Waals surface area contributed by atoms with Crippen molar-refractivity contribution in [1.82, 2.24) is 0 Å². The van der Waals surface area contributed by atoms with Gasteiger partial charge in [0.2, 0.25) is 0 Å². The lowest BCUT2D eigenvalue weighted by Gasteiger charge is -2.17. The van der Waals surface area contributed by atoms with Crippen molar-refractivity contribution in [2.45, 2.75) is 66.2 Å². The number of hydrogen-bond acceptors (Lipinski definition) is 1. The van der Waals surface area contributed by atoms with Crippen molar-refractivity contribution in [1.29, 1.82) is 0 Å². The molecule has 98 valence electrons. The molecular formula is C16H28O. The second kappa shape index (κ2) is 8.16. The van der Waals surface area contributed by atoms with Gasteiger partial charge in [-0.1, -0.05) is 59.7 Å². The van der Waals surface area contributed by atoms with E-state index in [0.717, 1.165) is 24.0 Å². The Balaban J connectivity index is 0.00000121. The summed E-state index contributed by atoms with van der Waals surface area (Å²) in [4.78, 5) is 0. The minimum atomic E-state index is 0.439. The van der Waals surface area contributed by atoms with E-state index in [1.54, 1.807) is 0 Å². The molecule has 0 heterocycles. The van der Waals surface area contributed by atoms with Crippen LogP contribution >= 0.6 is 0 Å². The molecule has 0 aromatic heterocycles. The number of phenols is 1. The average Bonchev–Trinajstić information content (AvgIpc) is 2.39. The largest absolute Gasteiger partial charge is 0.507 e. The fourth-order valence-electron chi connectivity index (χ4n) is 1.82. The van der Waals surface area contributed by atoms with Crippen LogP contribution in [0.15, 0.2) is 18.2 Å². The number of aromatic hydroxyl groups is 1. The molecule has 2 atom stereocenters. The maximum atomic E-state index is 10.2. The van der Waals surface area contributed by atoms with E-state index in [4.69, 9.17) is 0 Å². The summed E-state index contributed by atoms with van der Waals surface area (Å²) < 4.78 is 0. The number of phenolic OH excluding ortho intramolecular Hbond substituents is 1. The van der Waals surface area contributed by atoms with Gasteiger partial charge in [0.25, 0.3) is 0 Å². The molecule has 1 aromatic rings. The van der Waals surface area contributed by atoms with Crippen LogP contribution in [0.5, 0.6) is 5.75 Å². The first-order chi connectivity index (χ1) is 8.11. The van der Waals surface area contributed by atoms with Crippen molar-refractivity contribution in [3.05, 3.63) is 29.3 Å². The third-order valence-electron chi connectivity index (χ3n) is 3.39. The Labute approximate surface area is 107 Å². The summed E-state index contributed by atoms with van der Waals surface area (Å²) >= 11 is 0. The lowest BCUT2D eigenvalue weighted by Crippen LogP contribution is -1.98. The molecule has 0 bridgehead atoms. The Morgan fingerprint density at radius 3 is 1.59 bits per heavy atom. The molecule has 1 heteroatoms. The zero-order chi connectivity index (χ0) is 13.4. The van der Waals surface area contributed by atoms with Crippen molar-refractivity contribution in [2.24, 2.45) is 0 Å². The normalized spacial score (nSPS) is 13.5. The van der Waals surface area contributed by atoms with E-state index >= 15 is 0 Å². The first-order valence-corrected chi connectivity index (χ1v) is 6.93. The van der Waals surface area contributed by atoms with Gasteiger partial charge in [-0.05, 0) is 35.8 Å². The molecule has 17 heavy (non-hydrogen) atoms. The Hall–Kier alpha value is -0.980. The summed E-state index contributed by atoms with van der Waals surface area (Å²) in [5, 5.41) is 10.2. The van der Waals surface area contributed by atoms with Crippen LogP contribution in [0, 0.1) is 0 Å². The highest BCUT2D eigenvalue weighted by Gasteiger charge is 2.14. The van der Waals surface area contributed by atoms with Gasteiger partial charge in [0.1, 0.15) is 5.75 Å². The minimum Gasteiger partial charge on any atom is -0.507 e. The first kappa shape index (κ1) is 16.0. The van der Waals surface area contributed by atoms with Gasteiger partial charge in [-0.2, -0.15) is 0 Å². The summed E-state index contributed by atoms with van der Waals surface area (Å²) in [6.45, 7) is 12.6. The van der Waals surface area contributed by atoms with Crippen LogP contribution in [0.1, 0.15) is 77.3 Å². The molecule has 1 aromatic carbocycles. The Kier molecular flexibility index (Phi) is 7.69. The van der Waals surface area contributed by atoms with Crippen molar-refractivity contribution in [3.8, 4) is 5.75 Å². The fourth-order valence-corrected chi connectivity index (χ4v) is 1.82. The maximum Gasteiger partial charge on any atom is 0.122 e. The highest BCUT2D eigenvalue weighted by atomic mass is 16.3. The van der Waals surface area contributed by atoms with Gasteiger partial charge in [0.05, 0.1) is 0 Å². The standard InChI is InChI=1S/C14H22O.C2H6/c1-5-10(3)12-8-7-9-13(14(12)15)11(4)6-2;1-2/h7-11,15H,5-6H2,1-4H3;1-2H3. The van der Waals surface area contributed by atoms with Gasteiger partial charge in [0, 0.05) is 0 Å². The van der Waals surface area contributed by atoms with Crippen molar-refractivity contribution < 1.29 is 5.11 Å². The predicted octanol–water partition coefficient (Wildman–Crippen LogP) is 5.45. The quantitative estimate of drug-likeness (QED) is 0.737. The fraction of sp³-hybridized carbons (Fsp3) is 0.625. The molecule has 0 saturated carbocycles. The number of hydrogen-bond donors (Lipinski definition) is 1. The topological polar surface area (TPSA) is 20.2 Å². The van der Waals surface area contributed by atoms with Gasteiger partial charge in [-0.15, -0.1) is 0 Å². The van der Waals surface area contributed by atoms with E-state index in [1.165, 1.54) is 0 Å². The molecule has 0 fully saturated rings. The number of benzene rings is 1. The van der Waals surface area contributed by atoms with Crippen molar-refractivity contribution >= 4 is 0 Å². The third kappa shape index (κ3) is 4.07. The van der Waals surface area contributed by atoms with Crippen molar-refractivity contribution in [2.75, 3.05) is 0 Å². The molecule has 0 amide bonds. The lowest BCUT2D eigenvalue weighted by atomic mass is 9.90. The molecule has 0 spiro atoms. The van der Waals surface area contributed by atoms with Crippen LogP contribution < -0.4 is 0 Å². The molecule has 1 rings (SSSR count). The summed E-state index contributed by atoms with van der Waals surface area (Å²) in [6.07, 6.45) is 2.13. The monoisotopic (exact) mass is 236 g/mol. The zero-order valence-corrected chi connectivity index (χ0v) is 12.2. The molecule has 0 saturated heterocycles. The van der Waals surface area contributed by atoms with Crippen LogP contribution in [0.4, 0.5) is 0 Å². The summed E-state index contributed by atoms with van der Waals surface area (Å²) in [6, 6.07) is 6.13. The zero-order valence-electron chi connectivity index (χ0n) is 12.2. The van der Waals surface area contributed by atoms with Crippen LogP contribution in [-0.4, -0.2) is 5.11 Å². The summed E-state index contributed by atoms with van der Waals surface area (Å²) in [5.41, 5.74) is 2.19. The van der Waals surface area contributed by atoms with E-state index in [-0.39, 0.29) is 0 Å². The van der Waals surface area contributed by atoms with Gasteiger partial charge in [-0.3, -0.25) is 0 Å².